The second-order valence-corrected chi connectivity index (χ2v) is 2.87. The van der Waals surface area contributed by atoms with Crippen molar-refractivity contribution < 1.29 is 9.47 Å². The van der Waals surface area contributed by atoms with E-state index in [1.807, 2.05) is 6.08 Å². The van der Waals surface area contributed by atoms with E-state index in [1.54, 1.807) is 6.26 Å². The maximum Gasteiger partial charge on any atom is 0.145 e. The lowest BCUT2D eigenvalue weighted by atomic mass is 10.1. The minimum Gasteiger partial charge on any atom is -0.494 e. The van der Waals surface area contributed by atoms with Gasteiger partial charge in [0.2, 0.25) is 0 Å². The quantitative estimate of drug-likeness (QED) is 0.602. The fourth-order valence-electron chi connectivity index (χ4n) is 1.46. The summed E-state index contributed by atoms with van der Waals surface area (Å²) in [5.74, 6) is 0. The van der Waals surface area contributed by atoms with E-state index in [0.717, 1.165) is 26.0 Å². The average Bonchev–Trinajstić information content (AvgIpc) is 2.58. The highest BCUT2D eigenvalue weighted by Gasteiger charge is 2.26. The number of hydrogen-bond acceptors (Lipinski definition) is 3. The molecule has 0 amide bonds. The average molecular weight is 155 g/mol. The predicted octanol–water partition coefficient (Wildman–Crippen LogP) is 0.625. The Labute approximate surface area is 66.4 Å². The van der Waals surface area contributed by atoms with Crippen LogP contribution in [-0.4, -0.2) is 25.5 Å². The van der Waals surface area contributed by atoms with Crippen LogP contribution in [0.1, 0.15) is 12.8 Å². The Morgan fingerprint density at radius 2 is 2.45 bits per heavy atom. The Balaban J connectivity index is 1.88. The minimum atomic E-state index is 0.125. The molecule has 1 N–H and O–H groups in total. The van der Waals surface area contributed by atoms with Crippen molar-refractivity contribution in [2.75, 3.05) is 13.2 Å². The Hall–Kier alpha value is -0.540. The molecule has 2 aliphatic heterocycles. The molecule has 0 aliphatic carbocycles. The molecular formula is C8H13NO2. The second kappa shape index (κ2) is 3.24. The van der Waals surface area contributed by atoms with Gasteiger partial charge < -0.3 is 9.47 Å². The van der Waals surface area contributed by atoms with Crippen LogP contribution in [0.3, 0.4) is 0 Å². The van der Waals surface area contributed by atoms with Crippen LogP contribution in [0, 0.1) is 0 Å². The van der Waals surface area contributed by atoms with Crippen LogP contribution in [0.15, 0.2) is 12.3 Å². The van der Waals surface area contributed by atoms with Crippen molar-refractivity contribution in [1.82, 2.24) is 5.32 Å². The van der Waals surface area contributed by atoms with Gasteiger partial charge in [0.05, 0.1) is 12.9 Å². The van der Waals surface area contributed by atoms with Gasteiger partial charge >= 0.3 is 0 Å². The van der Waals surface area contributed by atoms with Crippen molar-refractivity contribution in [3.8, 4) is 0 Å². The lowest BCUT2D eigenvalue weighted by molar-refractivity contribution is -0.0270. The molecule has 2 heterocycles. The molecule has 1 fully saturated rings. The van der Waals surface area contributed by atoms with Crippen LogP contribution in [0.2, 0.25) is 0 Å². The molecule has 0 saturated carbocycles. The molecule has 2 aliphatic rings. The van der Waals surface area contributed by atoms with E-state index >= 15 is 0 Å². The first-order chi connectivity index (χ1) is 5.47. The minimum absolute atomic E-state index is 0.125. The van der Waals surface area contributed by atoms with Gasteiger partial charge in [0.1, 0.15) is 12.3 Å². The molecule has 11 heavy (non-hydrogen) atoms. The standard InChI is InChI=1S/C8H13NO2/c1-2-5-10-7(3-1)8-9-4-6-11-8/h2,5,7-9H,1,3-4,6H2. The fourth-order valence-corrected chi connectivity index (χ4v) is 1.46. The van der Waals surface area contributed by atoms with Crippen molar-refractivity contribution in [3.63, 3.8) is 0 Å². The predicted molar refractivity (Wildman–Crippen MR) is 41.0 cm³/mol. The smallest absolute Gasteiger partial charge is 0.145 e. The van der Waals surface area contributed by atoms with Gasteiger partial charge in [-0.15, -0.1) is 0 Å². The first kappa shape index (κ1) is 7.13. The number of allylic oxidation sites excluding steroid dienone is 1. The van der Waals surface area contributed by atoms with Crippen molar-refractivity contribution in [1.29, 1.82) is 0 Å². The van der Waals surface area contributed by atoms with Gasteiger partial charge in [-0.2, -0.15) is 0 Å². The van der Waals surface area contributed by atoms with Gasteiger partial charge in [-0.25, -0.2) is 0 Å². The molecule has 1 saturated heterocycles. The maximum atomic E-state index is 5.42. The highest BCUT2D eigenvalue weighted by molar-refractivity contribution is 4.86. The third-order valence-corrected chi connectivity index (χ3v) is 2.05. The zero-order valence-electron chi connectivity index (χ0n) is 6.45. The molecule has 0 bridgehead atoms. The molecule has 0 aromatic heterocycles. The largest absolute Gasteiger partial charge is 0.494 e. The topological polar surface area (TPSA) is 30.5 Å². The normalized spacial score (nSPS) is 37.1. The first-order valence-corrected chi connectivity index (χ1v) is 4.12. The Kier molecular flexibility index (Phi) is 2.10. The number of hydrogen-bond donors (Lipinski definition) is 1. The number of ether oxygens (including phenoxy) is 2. The van der Waals surface area contributed by atoms with E-state index in [2.05, 4.69) is 5.32 Å². The molecule has 0 spiro atoms. The summed E-state index contributed by atoms with van der Waals surface area (Å²) in [5, 5.41) is 3.25. The first-order valence-electron chi connectivity index (χ1n) is 4.12. The number of nitrogens with one attached hydrogen (secondary N) is 1. The van der Waals surface area contributed by atoms with Crippen molar-refractivity contribution in [3.05, 3.63) is 12.3 Å². The molecule has 3 nitrogen and oxygen atoms in total. The van der Waals surface area contributed by atoms with E-state index in [-0.39, 0.29) is 12.3 Å². The van der Waals surface area contributed by atoms with Crippen molar-refractivity contribution >= 4 is 0 Å². The van der Waals surface area contributed by atoms with E-state index in [1.165, 1.54) is 0 Å². The Bertz CT molecular complexity index is 152. The molecule has 3 heteroatoms. The fraction of sp³-hybridized carbons (Fsp3) is 0.750. The summed E-state index contributed by atoms with van der Waals surface area (Å²) in [7, 11) is 0. The van der Waals surface area contributed by atoms with E-state index < -0.39 is 0 Å². The van der Waals surface area contributed by atoms with Gasteiger partial charge in [-0.05, 0) is 18.9 Å². The lowest BCUT2D eigenvalue weighted by Gasteiger charge is -2.24. The van der Waals surface area contributed by atoms with Crippen LogP contribution >= 0.6 is 0 Å². The summed E-state index contributed by atoms with van der Waals surface area (Å²) in [6, 6.07) is 0. The molecule has 0 aromatic carbocycles. The van der Waals surface area contributed by atoms with E-state index in [4.69, 9.17) is 9.47 Å². The zero-order chi connectivity index (χ0) is 7.52. The molecule has 62 valence electrons. The molecule has 2 atom stereocenters. The molecular weight excluding hydrogens is 142 g/mol. The zero-order valence-corrected chi connectivity index (χ0v) is 6.45. The van der Waals surface area contributed by atoms with E-state index in [9.17, 15) is 0 Å². The van der Waals surface area contributed by atoms with Gasteiger partial charge in [0, 0.05) is 6.54 Å². The van der Waals surface area contributed by atoms with Gasteiger partial charge in [0.15, 0.2) is 0 Å². The third-order valence-electron chi connectivity index (χ3n) is 2.05. The van der Waals surface area contributed by atoms with Gasteiger partial charge in [-0.1, -0.05) is 0 Å². The van der Waals surface area contributed by atoms with Crippen LogP contribution in [0.5, 0.6) is 0 Å². The Morgan fingerprint density at radius 3 is 3.09 bits per heavy atom. The van der Waals surface area contributed by atoms with Crippen LogP contribution < -0.4 is 5.32 Å². The highest BCUT2D eigenvalue weighted by Crippen LogP contribution is 2.16. The molecule has 2 rings (SSSR count). The second-order valence-electron chi connectivity index (χ2n) is 2.87. The molecule has 0 radical (unpaired) electrons. The molecule has 0 aromatic rings. The summed E-state index contributed by atoms with van der Waals surface area (Å²) < 4.78 is 10.8. The monoisotopic (exact) mass is 155 g/mol. The summed E-state index contributed by atoms with van der Waals surface area (Å²) in [6.45, 7) is 1.77. The van der Waals surface area contributed by atoms with Crippen LogP contribution in [-0.2, 0) is 9.47 Å². The third kappa shape index (κ3) is 1.54. The number of rotatable bonds is 1. The summed E-state index contributed by atoms with van der Waals surface area (Å²) in [4.78, 5) is 0. The van der Waals surface area contributed by atoms with E-state index in [0.29, 0.717) is 0 Å². The lowest BCUT2D eigenvalue weighted by Crippen LogP contribution is -2.37. The van der Waals surface area contributed by atoms with Gasteiger partial charge in [-0.3, -0.25) is 5.32 Å². The SMILES string of the molecule is C1=COC(C2NCCO2)CC1. The van der Waals surface area contributed by atoms with Crippen LogP contribution in [0.4, 0.5) is 0 Å². The van der Waals surface area contributed by atoms with Gasteiger partial charge in [0.25, 0.3) is 0 Å². The maximum absolute atomic E-state index is 5.42. The highest BCUT2D eigenvalue weighted by atomic mass is 16.6. The van der Waals surface area contributed by atoms with Crippen molar-refractivity contribution in [2.24, 2.45) is 0 Å². The summed E-state index contributed by atoms with van der Waals surface area (Å²) in [5.41, 5.74) is 0. The molecule has 2 unspecified atom stereocenters. The summed E-state index contributed by atoms with van der Waals surface area (Å²) >= 11 is 0. The Morgan fingerprint density at radius 1 is 1.45 bits per heavy atom. The summed E-state index contributed by atoms with van der Waals surface area (Å²) in [6.07, 6.45) is 6.34. The van der Waals surface area contributed by atoms with Crippen molar-refractivity contribution in [2.45, 2.75) is 25.2 Å². The van der Waals surface area contributed by atoms with Crippen LogP contribution in [0.25, 0.3) is 0 Å².